The molecule has 1 saturated heterocycles. The van der Waals surface area contributed by atoms with Crippen LogP contribution in [0.5, 0.6) is 0 Å². The predicted molar refractivity (Wildman–Crippen MR) is 67.2 cm³/mol. The van der Waals surface area contributed by atoms with Crippen molar-refractivity contribution < 1.29 is 19.1 Å². The number of nitrogens with zero attached hydrogens (tertiary/aromatic N) is 1. The van der Waals surface area contributed by atoms with Gasteiger partial charge in [-0.2, -0.15) is 0 Å². The number of hydrogen-bond acceptors (Lipinski definition) is 4. The van der Waals surface area contributed by atoms with Gasteiger partial charge in [-0.3, -0.25) is 4.90 Å². The maximum absolute atomic E-state index is 11.9. The molecule has 0 aromatic heterocycles. The van der Waals surface area contributed by atoms with Crippen molar-refractivity contribution in [1.29, 1.82) is 0 Å². The molecule has 1 atom stereocenters. The molecular formula is C13H23NO4. The number of unbranched alkanes of at least 4 members (excludes halogenated alkanes) is 1. The highest BCUT2D eigenvalue weighted by Gasteiger charge is 2.33. The number of carbonyl (C=O) groups excluding carboxylic acids is 2. The fourth-order valence-electron chi connectivity index (χ4n) is 2.02. The van der Waals surface area contributed by atoms with E-state index in [-0.39, 0.29) is 12.1 Å². The van der Waals surface area contributed by atoms with Crippen LogP contribution in [-0.4, -0.2) is 42.8 Å². The molecule has 5 nitrogen and oxygen atoms in total. The highest BCUT2D eigenvalue weighted by atomic mass is 16.6. The maximum Gasteiger partial charge on any atom is 0.410 e. The molecule has 1 heterocycles. The molecule has 1 fully saturated rings. The van der Waals surface area contributed by atoms with E-state index in [1.165, 1.54) is 4.90 Å². The van der Waals surface area contributed by atoms with Crippen LogP contribution < -0.4 is 0 Å². The summed E-state index contributed by atoms with van der Waals surface area (Å²) in [5.41, 5.74) is 0. The van der Waals surface area contributed by atoms with Crippen molar-refractivity contribution >= 4 is 12.1 Å². The zero-order valence-corrected chi connectivity index (χ0v) is 11.3. The van der Waals surface area contributed by atoms with Crippen LogP contribution >= 0.6 is 0 Å². The molecule has 0 aromatic carbocycles. The van der Waals surface area contributed by atoms with Gasteiger partial charge >= 0.3 is 12.1 Å². The van der Waals surface area contributed by atoms with E-state index >= 15 is 0 Å². The fourth-order valence-corrected chi connectivity index (χ4v) is 2.02. The SMILES string of the molecule is CCCCOC(=O)N1CCCCC1C(=O)OCC. The number of carbonyl (C=O) groups is 2. The Morgan fingerprint density at radius 1 is 1.22 bits per heavy atom. The van der Waals surface area contributed by atoms with E-state index in [0.717, 1.165) is 25.7 Å². The smallest absolute Gasteiger partial charge is 0.410 e. The number of piperidine rings is 1. The number of likely N-dealkylation sites (tertiary alicyclic amines) is 1. The van der Waals surface area contributed by atoms with Crippen molar-refractivity contribution in [3.05, 3.63) is 0 Å². The highest BCUT2D eigenvalue weighted by Crippen LogP contribution is 2.19. The molecule has 1 amide bonds. The maximum atomic E-state index is 11.9. The molecule has 0 N–H and O–H groups in total. The van der Waals surface area contributed by atoms with Crippen LogP contribution in [0.1, 0.15) is 46.0 Å². The summed E-state index contributed by atoms with van der Waals surface area (Å²) in [5.74, 6) is -0.315. The minimum absolute atomic E-state index is 0.315. The van der Waals surface area contributed by atoms with Gasteiger partial charge in [-0.25, -0.2) is 9.59 Å². The lowest BCUT2D eigenvalue weighted by atomic mass is 10.0. The second-order valence-corrected chi connectivity index (χ2v) is 4.42. The molecule has 1 aliphatic heterocycles. The van der Waals surface area contributed by atoms with E-state index in [9.17, 15) is 9.59 Å². The molecule has 0 saturated carbocycles. The van der Waals surface area contributed by atoms with E-state index in [1.54, 1.807) is 6.92 Å². The van der Waals surface area contributed by atoms with Gasteiger partial charge in [-0.1, -0.05) is 13.3 Å². The van der Waals surface area contributed by atoms with Gasteiger partial charge in [0.05, 0.1) is 13.2 Å². The molecule has 1 aliphatic rings. The standard InChI is InChI=1S/C13H23NO4/c1-3-5-10-18-13(16)14-9-7-6-8-11(14)12(15)17-4-2/h11H,3-10H2,1-2H3. The molecule has 0 aromatic rings. The van der Waals surface area contributed by atoms with Gasteiger partial charge in [0.1, 0.15) is 6.04 Å². The Morgan fingerprint density at radius 3 is 2.67 bits per heavy atom. The molecule has 5 heteroatoms. The van der Waals surface area contributed by atoms with Crippen molar-refractivity contribution in [2.24, 2.45) is 0 Å². The molecular weight excluding hydrogens is 234 g/mol. The summed E-state index contributed by atoms with van der Waals surface area (Å²) in [6, 6.07) is -0.465. The van der Waals surface area contributed by atoms with Gasteiger partial charge in [0.2, 0.25) is 0 Å². The third kappa shape index (κ3) is 4.20. The quantitative estimate of drug-likeness (QED) is 0.560. The second-order valence-electron chi connectivity index (χ2n) is 4.42. The first-order valence-corrected chi connectivity index (χ1v) is 6.80. The van der Waals surface area contributed by atoms with Gasteiger partial charge < -0.3 is 9.47 Å². The summed E-state index contributed by atoms with van der Waals surface area (Å²) in [6.45, 7) is 5.14. The third-order valence-corrected chi connectivity index (χ3v) is 3.02. The second kappa shape index (κ2) is 7.95. The van der Waals surface area contributed by atoms with Crippen molar-refractivity contribution in [3.8, 4) is 0 Å². The Kier molecular flexibility index (Phi) is 6.54. The Labute approximate surface area is 108 Å². The summed E-state index contributed by atoms with van der Waals surface area (Å²) < 4.78 is 10.2. The molecule has 0 bridgehead atoms. The van der Waals surface area contributed by atoms with E-state index < -0.39 is 6.04 Å². The van der Waals surface area contributed by atoms with Crippen molar-refractivity contribution in [3.63, 3.8) is 0 Å². The largest absolute Gasteiger partial charge is 0.464 e. The average molecular weight is 257 g/mol. The first-order chi connectivity index (χ1) is 8.70. The van der Waals surface area contributed by atoms with Crippen LogP contribution in [0.4, 0.5) is 4.79 Å². The van der Waals surface area contributed by atoms with Gasteiger partial charge in [0, 0.05) is 6.54 Å². The molecule has 0 aliphatic carbocycles. The van der Waals surface area contributed by atoms with Crippen molar-refractivity contribution in [2.75, 3.05) is 19.8 Å². The van der Waals surface area contributed by atoms with E-state index in [2.05, 4.69) is 0 Å². The van der Waals surface area contributed by atoms with Crippen LogP contribution in [0.3, 0.4) is 0 Å². The summed E-state index contributed by atoms with van der Waals surface area (Å²) in [4.78, 5) is 25.2. The minimum Gasteiger partial charge on any atom is -0.464 e. The van der Waals surface area contributed by atoms with Gasteiger partial charge in [0.15, 0.2) is 0 Å². The Bertz CT molecular complexity index is 280. The summed E-state index contributed by atoms with van der Waals surface area (Å²) in [6.07, 6.45) is 3.97. The van der Waals surface area contributed by atoms with Crippen LogP contribution in [0.25, 0.3) is 0 Å². The normalized spacial score (nSPS) is 19.4. The Balaban J connectivity index is 2.52. The van der Waals surface area contributed by atoms with E-state index in [1.807, 2.05) is 6.92 Å². The lowest BCUT2D eigenvalue weighted by Gasteiger charge is -2.33. The average Bonchev–Trinajstić information content (AvgIpc) is 2.39. The third-order valence-electron chi connectivity index (χ3n) is 3.02. The Hall–Kier alpha value is -1.26. The topological polar surface area (TPSA) is 55.8 Å². The number of hydrogen-bond donors (Lipinski definition) is 0. The number of ether oxygens (including phenoxy) is 2. The van der Waals surface area contributed by atoms with Crippen molar-refractivity contribution in [2.45, 2.75) is 52.0 Å². The first kappa shape index (κ1) is 14.8. The summed E-state index contributed by atoms with van der Waals surface area (Å²) >= 11 is 0. The molecule has 1 rings (SSSR count). The first-order valence-electron chi connectivity index (χ1n) is 6.80. The van der Waals surface area contributed by atoms with E-state index in [4.69, 9.17) is 9.47 Å². The molecule has 0 radical (unpaired) electrons. The predicted octanol–water partition coefficient (Wildman–Crippen LogP) is 2.34. The monoisotopic (exact) mass is 257 g/mol. The molecule has 0 spiro atoms. The molecule has 18 heavy (non-hydrogen) atoms. The Morgan fingerprint density at radius 2 is 2.00 bits per heavy atom. The molecule has 1 unspecified atom stereocenters. The lowest BCUT2D eigenvalue weighted by Crippen LogP contribution is -2.48. The van der Waals surface area contributed by atoms with Crippen LogP contribution in [-0.2, 0) is 14.3 Å². The summed E-state index contributed by atoms with van der Waals surface area (Å²) in [5, 5.41) is 0. The highest BCUT2D eigenvalue weighted by molar-refractivity contribution is 5.81. The fraction of sp³-hybridized carbons (Fsp3) is 0.846. The van der Waals surface area contributed by atoms with Crippen LogP contribution in [0, 0.1) is 0 Å². The van der Waals surface area contributed by atoms with Crippen LogP contribution in [0.2, 0.25) is 0 Å². The number of amides is 1. The lowest BCUT2D eigenvalue weighted by molar-refractivity contribution is -0.150. The number of esters is 1. The van der Waals surface area contributed by atoms with Gasteiger partial charge in [0.25, 0.3) is 0 Å². The van der Waals surface area contributed by atoms with Gasteiger partial charge in [-0.15, -0.1) is 0 Å². The minimum atomic E-state index is -0.465. The zero-order valence-electron chi connectivity index (χ0n) is 11.3. The van der Waals surface area contributed by atoms with E-state index in [0.29, 0.717) is 26.2 Å². The molecule has 104 valence electrons. The number of rotatable bonds is 5. The zero-order chi connectivity index (χ0) is 13.4. The van der Waals surface area contributed by atoms with Crippen molar-refractivity contribution in [1.82, 2.24) is 4.90 Å². The summed E-state index contributed by atoms with van der Waals surface area (Å²) in [7, 11) is 0. The van der Waals surface area contributed by atoms with Gasteiger partial charge in [-0.05, 0) is 32.6 Å². The van der Waals surface area contributed by atoms with Crippen LogP contribution in [0.15, 0.2) is 0 Å².